The fraction of sp³-hybridized carbons (Fsp3) is 0.364. The Bertz CT molecular complexity index is 1010. The third-order valence-electron chi connectivity index (χ3n) is 5.48. The Morgan fingerprint density at radius 3 is 2.55 bits per heavy atom. The number of methoxy groups -OCH3 is 3. The number of hydrogen-bond donors (Lipinski definition) is 1. The number of amides is 2. The smallest absolute Gasteiger partial charge is 0.322 e. The van der Waals surface area contributed by atoms with Crippen LogP contribution in [0.3, 0.4) is 0 Å². The van der Waals surface area contributed by atoms with Gasteiger partial charge in [0.15, 0.2) is 23.0 Å². The van der Waals surface area contributed by atoms with Crippen molar-refractivity contribution in [1.82, 2.24) is 4.90 Å². The second kappa shape index (κ2) is 8.63. The molecular weight excluding hydrogens is 404 g/mol. The lowest BCUT2D eigenvalue weighted by atomic mass is 9.90. The van der Waals surface area contributed by atoms with Crippen molar-refractivity contribution >= 4 is 17.7 Å². The Labute approximate surface area is 179 Å². The summed E-state index contributed by atoms with van der Waals surface area (Å²) in [4.78, 5) is 27.0. The van der Waals surface area contributed by atoms with Crippen molar-refractivity contribution in [2.45, 2.75) is 18.9 Å². The summed E-state index contributed by atoms with van der Waals surface area (Å²) in [7, 11) is 4.45. The Hall–Kier alpha value is -3.62. The van der Waals surface area contributed by atoms with E-state index in [0.29, 0.717) is 41.7 Å². The molecule has 1 atom stereocenters. The second-order valence-corrected chi connectivity index (χ2v) is 7.14. The van der Waals surface area contributed by atoms with Crippen LogP contribution in [0.4, 0.5) is 10.5 Å². The first kappa shape index (κ1) is 20.6. The molecule has 2 aromatic rings. The lowest BCUT2D eigenvalue weighted by Crippen LogP contribution is -2.43. The molecule has 1 unspecified atom stereocenters. The van der Waals surface area contributed by atoms with Gasteiger partial charge in [-0.15, -0.1) is 0 Å². The highest BCUT2D eigenvalue weighted by Crippen LogP contribution is 2.40. The maximum absolute atomic E-state index is 13.2. The molecule has 31 heavy (non-hydrogen) atoms. The first-order valence-electron chi connectivity index (χ1n) is 9.83. The maximum atomic E-state index is 13.2. The molecule has 0 radical (unpaired) electrons. The van der Waals surface area contributed by atoms with Gasteiger partial charge in [-0.1, -0.05) is 0 Å². The molecule has 9 heteroatoms. The van der Waals surface area contributed by atoms with E-state index in [1.165, 1.54) is 7.11 Å². The molecule has 0 saturated carbocycles. The number of hydrogen-bond acceptors (Lipinski definition) is 7. The summed E-state index contributed by atoms with van der Waals surface area (Å²) >= 11 is 0. The largest absolute Gasteiger partial charge is 0.493 e. The van der Waals surface area contributed by atoms with Crippen molar-refractivity contribution in [1.29, 1.82) is 0 Å². The van der Waals surface area contributed by atoms with Crippen LogP contribution in [0.5, 0.6) is 23.0 Å². The Kier molecular flexibility index (Phi) is 5.75. The Balaban J connectivity index is 1.63. The van der Waals surface area contributed by atoms with Crippen molar-refractivity contribution in [2.24, 2.45) is 0 Å². The van der Waals surface area contributed by atoms with Gasteiger partial charge in [-0.3, -0.25) is 4.79 Å². The SMILES string of the molecule is COC(=O)CC1c2cc(OC)c(OC)cc2CCN1C(=O)Nc1ccc2c(c1)OCO2. The number of nitrogens with zero attached hydrogens (tertiary/aromatic N) is 1. The molecule has 0 fully saturated rings. The number of carbonyl (C=O) groups excluding carboxylic acids is 2. The first-order chi connectivity index (χ1) is 15.0. The number of carbonyl (C=O) groups is 2. The zero-order chi connectivity index (χ0) is 22.0. The molecule has 164 valence electrons. The minimum Gasteiger partial charge on any atom is -0.493 e. The molecule has 1 N–H and O–H groups in total. The van der Waals surface area contributed by atoms with Gasteiger partial charge in [0.05, 0.1) is 33.8 Å². The molecule has 0 bridgehead atoms. The lowest BCUT2D eigenvalue weighted by Gasteiger charge is -2.37. The highest BCUT2D eigenvalue weighted by atomic mass is 16.7. The van der Waals surface area contributed by atoms with Crippen LogP contribution in [-0.4, -0.2) is 51.6 Å². The average molecular weight is 428 g/mol. The molecular formula is C22H24N2O7. The van der Waals surface area contributed by atoms with Crippen molar-refractivity contribution in [3.8, 4) is 23.0 Å². The molecule has 0 spiro atoms. The van der Waals surface area contributed by atoms with Crippen molar-refractivity contribution in [3.05, 3.63) is 41.5 Å². The number of urea groups is 1. The van der Waals surface area contributed by atoms with E-state index in [1.54, 1.807) is 37.3 Å². The fourth-order valence-electron chi connectivity index (χ4n) is 3.90. The van der Waals surface area contributed by atoms with Gasteiger partial charge >= 0.3 is 12.0 Å². The highest BCUT2D eigenvalue weighted by molar-refractivity contribution is 5.90. The third-order valence-corrected chi connectivity index (χ3v) is 5.48. The Morgan fingerprint density at radius 2 is 1.81 bits per heavy atom. The molecule has 0 saturated heterocycles. The molecule has 4 rings (SSSR count). The van der Waals surface area contributed by atoms with Gasteiger partial charge in [-0.25, -0.2) is 4.79 Å². The molecule has 2 heterocycles. The van der Waals surface area contributed by atoms with Gasteiger partial charge < -0.3 is 33.9 Å². The topological polar surface area (TPSA) is 95.6 Å². The van der Waals surface area contributed by atoms with E-state index < -0.39 is 12.0 Å². The van der Waals surface area contributed by atoms with E-state index in [2.05, 4.69) is 5.32 Å². The van der Waals surface area contributed by atoms with E-state index in [1.807, 2.05) is 12.1 Å². The number of benzene rings is 2. The first-order valence-corrected chi connectivity index (χ1v) is 9.83. The number of rotatable bonds is 5. The average Bonchev–Trinajstić information content (AvgIpc) is 3.26. The number of fused-ring (bicyclic) bond motifs is 2. The van der Waals surface area contributed by atoms with E-state index in [9.17, 15) is 9.59 Å². The van der Waals surface area contributed by atoms with Crippen LogP contribution < -0.4 is 24.3 Å². The summed E-state index contributed by atoms with van der Waals surface area (Å²) in [6.07, 6.45) is 0.634. The number of nitrogens with one attached hydrogen (secondary N) is 1. The van der Waals surface area contributed by atoms with Gasteiger partial charge in [-0.05, 0) is 41.8 Å². The molecule has 9 nitrogen and oxygen atoms in total. The van der Waals surface area contributed by atoms with Crippen LogP contribution in [0.25, 0.3) is 0 Å². The van der Waals surface area contributed by atoms with E-state index >= 15 is 0 Å². The van der Waals surface area contributed by atoms with Crippen LogP contribution in [0.1, 0.15) is 23.6 Å². The van der Waals surface area contributed by atoms with E-state index in [0.717, 1.165) is 11.1 Å². The van der Waals surface area contributed by atoms with Crippen molar-refractivity contribution in [2.75, 3.05) is 40.0 Å². The molecule has 2 aromatic carbocycles. The summed E-state index contributed by atoms with van der Waals surface area (Å²) in [5.74, 6) is 1.94. The van der Waals surface area contributed by atoms with Crippen LogP contribution in [0.2, 0.25) is 0 Å². The Morgan fingerprint density at radius 1 is 1.06 bits per heavy atom. The van der Waals surface area contributed by atoms with E-state index in [-0.39, 0.29) is 19.2 Å². The summed E-state index contributed by atoms with van der Waals surface area (Å²) in [5, 5.41) is 2.89. The van der Waals surface area contributed by atoms with Crippen LogP contribution in [0, 0.1) is 0 Å². The lowest BCUT2D eigenvalue weighted by molar-refractivity contribution is -0.141. The maximum Gasteiger partial charge on any atom is 0.322 e. The standard InChI is InChI=1S/C22H24N2O7/c1-27-18-8-13-6-7-24(16(11-21(25)29-3)15(13)10-19(18)28-2)22(26)23-14-4-5-17-20(9-14)31-12-30-17/h4-5,8-10,16H,6-7,11-12H2,1-3H3,(H,23,26). The van der Waals surface area contributed by atoms with Gasteiger partial charge in [0.1, 0.15) is 0 Å². The minimum atomic E-state index is -0.509. The normalized spacial score (nSPS) is 16.4. The molecule has 0 aromatic heterocycles. The van der Waals surface area contributed by atoms with Gasteiger partial charge in [0.25, 0.3) is 0 Å². The van der Waals surface area contributed by atoms with E-state index in [4.69, 9.17) is 23.7 Å². The van der Waals surface area contributed by atoms with Gasteiger partial charge in [-0.2, -0.15) is 0 Å². The second-order valence-electron chi connectivity index (χ2n) is 7.14. The zero-order valence-corrected chi connectivity index (χ0v) is 17.6. The predicted octanol–water partition coefficient (Wildman–Crippen LogP) is 3.13. The monoisotopic (exact) mass is 428 g/mol. The summed E-state index contributed by atoms with van der Waals surface area (Å²) in [6.45, 7) is 0.586. The summed E-state index contributed by atoms with van der Waals surface area (Å²) in [6, 6.07) is 8.08. The predicted molar refractivity (Wildman–Crippen MR) is 111 cm³/mol. The quantitative estimate of drug-likeness (QED) is 0.731. The van der Waals surface area contributed by atoms with Crippen molar-refractivity contribution < 1.29 is 33.3 Å². The zero-order valence-electron chi connectivity index (χ0n) is 17.6. The van der Waals surface area contributed by atoms with Crippen LogP contribution in [0.15, 0.2) is 30.3 Å². The number of esters is 1. The van der Waals surface area contributed by atoms with Crippen molar-refractivity contribution in [3.63, 3.8) is 0 Å². The summed E-state index contributed by atoms with van der Waals surface area (Å²) < 4.78 is 26.4. The number of ether oxygens (including phenoxy) is 5. The minimum absolute atomic E-state index is 0.0214. The number of anilines is 1. The van der Waals surface area contributed by atoms with Crippen LogP contribution >= 0.6 is 0 Å². The molecule has 2 aliphatic heterocycles. The van der Waals surface area contributed by atoms with Gasteiger partial charge in [0.2, 0.25) is 6.79 Å². The highest BCUT2D eigenvalue weighted by Gasteiger charge is 2.34. The molecule has 0 aliphatic carbocycles. The van der Waals surface area contributed by atoms with Gasteiger partial charge in [0, 0.05) is 18.3 Å². The fourth-order valence-corrected chi connectivity index (χ4v) is 3.90. The molecule has 2 aliphatic rings. The third kappa shape index (κ3) is 4.03. The van der Waals surface area contributed by atoms with Crippen LogP contribution in [-0.2, 0) is 16.0 Å². The summed E-state index contributed by atoms with van der Waals surface area (Å²) in [5.41, 5.74) is 2.40. The molecule has 2 amide bonds.